The van der Waals surface area contributed by atoms with Gasteiger partial charge in [0, 0.05) is 55.7 Å². The minimum absolute atomic E-state index is 0.0341. The number of piperazine rings is 1. The molecular weight excluding hydrogens is 440 g/mol. The fourth-order valence-corrected chi connectivity index (χ4v) is 3.85. The Bertz CT molecular complexity index is 1130. The van der Waals surface area contributed by atoms with Crippen molar-refractivity contribution in [3.8, 4) is 11.3 Å². The average molecular weight is 469 g/mol. The van der Waals surface area contributed by atoms with Crippen molar-refractivity contribution in [2.75, 3.05) is 26.2 Å². The summed E-state index contributed by atoms with van der Waals surface area (Å²) in [4.78, 5) is 29.0. The third kappa shape index (κ3) is 6.51. The highest BCUT2D eigenvalue weighted by atomic mass is 35.5. The lowest BCUT2D eigenvalue weighted by Gasteiger charge is -2.27. The molecule has 0 aliphatic carbocycles. The van der Waals surface area contributed by atoms with Gasteiger partial charge in [-0.2, -0.15) is 0 Å². The smallest absolute Gasteiger partial charge is 0.303 e. The molecule has 0 atom stereocenters. The zero-order chi connectivity index (χ0) is 23.8. The van der Waals surface area contributed by atoms with Crippen LogP contribution < -0.4 is 11.1 Å². The first kappa shape index (κ1) is 24.6. The van der Waals surface area contributed by atoms with Crippen LogP contribution in [0.4, 0.5) is 0 Å². The number of benzene rings is 2. The highest BCUT2D eigenvalue weighted by molar-refractivity contribution is 6.35. The molecule has 2 heterocycles. The van der Waals surface area contributed by atoms with E-state index >= 15 is 0 Å². The quantitative estimate of drug-likeness (QED) is 0.523. The molecule has 1 aliphatic rings. The van der Waals surface area contributed by atoms with Crippen molar-refractivity contribution in [3.63, 3.8) is 0 Å². The third-order valence-corrected chi connectivity index (χ3v) is 5.65. The first-order valence-corrected chi connectivity index (χ1v) is 11.4. The van der Waals surface area contributed by atoms with Crippen molar-refractivity contribution >= 4 is 34.4 Å². The monoisotopic (exact) mass is 468 g/mol. The summed E-state index contributed by atoms with van der Waals surface area (Å²) in [6.45, 7) is 5.40. The van der Waals surface area contributed by atoms with Crippen LogP contribution in [-0.2, 0) is 11.3 Å². The van der Waals surface area contributed by atoms with Crippen LogP contribution in [0.15, 0.2) is 48.5 Å². The molecule has 0 saturated carbocycles. The predicted octanol–water partition coefficient (Wildman–Crippen LogP) is 3.93. The van der Waals surface area contributed by atoms with E-state index in [1.54, 1.807) is 0 Å². The maximum absolute atomic E-state index is 12.8. The molecule has 0 unspecified atom stereocenters. The predicted molar refractivity (Wildman–Crippen MR) is 131 cm³/mol. The average Bonchev–Trinajstić information content (AvgIpc) is 2.84. The Morgan fingerprint density at radius 3 is 2.55 bits per heavy atom. The number of carboxylic acid groups (broad SMARTS) is 1. The molecule has 0 radical (unpaired) electrons. The van der Waals surface area contributed by atoms with Crippen molar-refractivity contribution in [1.29, 1.82) is 0 Å². The Morgan fingerprint density at radius 1 is 1.15 bits per heavy atom. The lowest BCUT2D eigenvalue weighted by Crippen LogP contribution is -2.46. The van der Waals surface area contributed by atoms with E-state index in [0.717, 1.165) is 60.3 Å². The summed E-state index contributed by atoms with van der Waals surface area (Å²) in [6, 6.07) is 15.3. The second-order valence-electron chi connectivity index (χ2n) is 7.81. The number of rotatable bonds is 5. The summed E-state index contributed by atoms with van der Waals surface area (Å²) < 4.78 is 0. The molecule has 7 nitrogen and oxygen atoms in total. The number of carboxylic acids is 1. The molecule has 174 valence electrons. The Kier molecular flexibility index (Phi) is 8.77. The number of pyridine rings is 1. The first-order chi connectivity index (χ1) is 15.9. The number of nitrogens with one attached hydrogen (secondary N) is 1. The number of hydrogen-bond donors (Lipinski definition) is 3. The number of fused-ring (bicyclic) bond motifs is 1. The number of nitrogens with two attached hydrogens (primary N) is 1. The summed E-state index contributed by atoms with van der Waals surface area (Å²) in [5.41, 5.74) is 9.87. The molecule has 8 heteroatoms. The number of nitrogens with zero attached hydrogens (tertiary/aromatic N) is 2. The molecule has 4 rings (SSSR count). The van der Waals surface area contributed by atoms with Crippen molar-refractivity contribution in [2.45, 2.75) is 26.3 Å². The molecule has 2 aromatic carbocycles. The summed E-state index contributed by atoms with van der Waals surface area (Å²) >= 11 is 6.50. The number of aromatic nitrogens is 1. The number of amides is 1. The van der Waals surface area contributed by atoms with Crippen LogP contribution in [0, 0.1) is 0 Å². The largest absolute Gasteiger partial charge is 0.481 e. The van der Waals surface area contributed by atoms with E-state index in [1.807, 2.05) is 60.4 Å². The first-order valence-electron chi connectivity index (χ1n) is 11.0. The van der Waals surface area contributed by atoms with Crippen LogP contribution >= 0.6 is 11.6 Å². The summed E-state index contributed by atoms with van der Waals surface area (Å²) in [7, 11) is 0. The Morgan fingerprint density at radius 2 is 1.91 bits per heavy atom. The maximum Gasteiger partial charge on any atom is 0.303 e. The molecule has 1 aliphatic heterocycles. The lowest BCUT2D eigenvalue weighted by atomic mass is 10.0. The topological polar surface area (TPSA) is 109 Å². The van der Waals surface area contributed by atoms with Crippen LogP contribution in [-0.4, -0.2) is 53.0 Å². The van der Waals surface area contributed by atoms with Crippen molar-refractivity contribution < 1.29 is 14.7 Å². The second kappa shape index (κ2) is 11.7. The summed E-state index contributed by atoms with van der Waals surface area (Å²) in [5, 5.41) is 12.6. The fourth-order valence-electron chi connectivity index (χ4n) is 3.59. The standard InChI is InChI=1S/C21H21ClN4O.C4H8O2/c22-18-12-19(15-3-1-2-14(10-15)13-23)25-20-11-16(4-5-17(18)20)21(27)26-8-6-24-7-9-26;1-2-3-4(5)6/h1-5,10-12,24H,6-9,13,23H2;2-3H2,1H3,(H,5,6). The van der Waals surface area contributed by atoms with Gasteiger partial charge in [0.25, 0.3) is 5.91 Å². The third-order valence-electron chi connectivity index (χ3n) is 5.33. The Labute approximate surface area is 198 Å². The minimum Gasteiger partial charge on any atom is -0.481 e. The van der Waals surface area contributed by atoms with Crippen molar-refractivity contribution in [1.82, 2.24) is 15.2 Å². The van der Waals surface area contributed by atoms with E-state index < -0.39 is 5.97 Å². The Hall–Kier alpha value is -3.00. The van der Waals surface area contributed by atoms with Gasteiger partial charge < -0.3 is 21.1 Å². The fraction of sp³-hybridized carbons (Fsp3) is 0.320. The van der Waals surface area contributed by atoms with Crippen LogP contribution in [0.3, 0.4) is 0 Å². The number of carbonyl (C=O) groups excluding carboxylic acids is 1. The highest BCUT2D eigenvalue weighted by Crippen LogP contribution is 2.29. The van der Waals surface area contributed by atoms with Gasteiger partial charge >= 0.3 is 5.97 Å². The van der Waals surface area contributed by atoms with Gasteiger partial charge in [-0.05, 0) is 36.2 Å². The number of aliphatic carboxylic acids is 1. The van der Waals surface area contributed by atoms with Crippen molar-refractivity contribution in [3.05, 3.63) is 64.7 Å². The van der Waals surface area contributed by atoms with E-state index in [0.29, 0.717) is 23.6 Å². The molecule has 1 aromatic heterocycles. The van der Waals surface area contributed by atoms with Gasteiger partial charge in [-0.25, -0.2) is 4.98 Å². The number of carbonyl (C=O) groups is 2. The van der Waals surface area contributed by atoms with Crippen molar-refractivity contribution in [2.24, 2.45) is 5.73 Å². The molecule has 4 N–H and O–H groups in total. The normalized spacial score (nSPS) is 13.4. The van der Waals surface area contributed by atoms with E-state index in [9.17, 15) is 9.59 Å². The van der Waals surface area contributed by atoms with E-state index in [1.165, 1.54) is 0 Å². The minimum atomic E-state index is -0.711. The van der Waals surface area contributed by atoms with Gasteiger partial charge in [0.15, 0.2) is 0 Å². The van der Waals surface area contributed by atoms with Gasteiger partial charge in [-0.15, -0.1) is 0 Å². The van der Waals surface area contributed by atoms with E-state index in [4.69, 9.17) is 27.4 Å². The molecule has 3 aromatic rings. The molecular formula is C25H29ClN4O3. The van der Waals surface area contributed by atoms with Gasteiger partial charge in [-0.1, -0.05) is 42.8 Å². The SMILES string of the molecule is CCCC(=O)O.NCc1cccc(-c2cc(Cl)c3ccc(C(=O)N4CCNCC4)cc3n2)c1. The van der Waals surface area contributed by atoms with Crippen LogP contribution in [0.5, 0.6) is 0 Å². The van der Waals surface area contributed by atoms with Gasteiger partial charge in [0.05, 0.1) is 16.2 Å². The van der Waals surface area contributed by atoms with E-state index in [-0.39, 0.29) is 5.91 Å². The molecule has 0 spiro atoms. The maximum atomic E-state index is 12.8. The van der Waals surface area contributed by atoms with Crippen LogP contribution in [0.2, 0.25) is 5.02 Å². The number of halogens is 1. The zero-order valence-electron chi connectivity index (χ0n) is 18.7. The van der Waals surface area contributed by atoms with Gasteiger partial charge in [0.1, 0.15) is 0 Å². The molecule has 33 heavy (non-hydrogen) atoms. The second-order valence-corrected chi connectivity index (χ2v) is 8.22. The highest BCUT2D eigenvalue weighted by Gasteiger charge is 2.19. The molecule has 1 amide bonds. The summed E-state index contributed by atoms with van der Waals surface area (Å²) in [5.74, 6) is -0.677. The lowest BCUT2D eigenvalue weighted by molar-refractivity contribution is -0.137. The molecule has 0 bridgehead atoms. The molecule has 1 fully saturated rings. The summed E-state index contributed by atoms with van der Waals surface area (Å²) in [6.07, 6.45) is 1.02. The van der Waals surface area contributed by atoms with Crippen LogP contribution in [0.25, 0.3) is 22.2 Å². The van der Waals surface area contributed by atoms with Gasteiger partial charge in [0.2, 0.25) is 0 Å². The molecule has 1 saturated heterocycles. The Balaban J connectivity index is 0.000000454. The van der Waals surface area contributed by atoms with E-state index in [2.05, 4.69) is 5.32 Å². The van der Waals surface area contributed by atoms with Crippen LogP contribution in [0.1, 0.15) is 35.7 Å². The number of hydrogen-bond acceptors (Lipinski definition) is 5. The van der Waals surface area contributed by atoms with Gasteiger partial charge in [-0.3, -0.25) is 9.59 Å². The zero-order valence-corrected chi connectivity index (χ0v) is 19.4.